The lowest BCUT2D eigenvalue weighted by atomic mass is 9.85. The zero-order valence-corrected chi connectivity index (χ0v) is 18.8. The van der Waals surface area contributed by atoms with Crippen LogP contribution in [-0.2, 0) is 32.3 Å². The van der Waals surface area contributed by atoms with Gasteiger partial charge in [-0.3, -0.25) is 9.59 Å². The average Bonchev–Trinajstić information content (AvgIpc) is 2.81. The lowest BCUT2D eigenvalue weighted by molar-refractivity contribution is -0.178. The van der Waals surface area contributed by atoms with E-state index in [4.69, 9.17) is 9.47 Å². The van der Waals surface area contributed by atoms with E-state index in [1.807, 2.05) is 36.4 Å². The minimum atomic E-state index is -3.78. The van der Waals surface area contributed by atoms with Crippen LogP contribution >= 0.6 is 0 Å². The first-order valence-electron chi connectivity index (χ1n) is 11.3. The third kappa shape index (κ3) is 7.25. The van der Waals surface area contributed by atoms with Crippen molar-refractivity contribution in [2.24, 2.45) is 5.92 Å². The molecule has 1 heterocycles. The van der Waals surface area contributed by atoms with E-state index in [2.05, 4.69) is 5.32 Å². The Kier molecular flexibility index (Phi) is 9.23. The van der Waals surface area contributed by atoms with Gasteiger partial charge in [0.15, 0.2) is 0 Å². The number of nitrogens with one attached hydrogen (secondary N) is 1. The standard InChI is InChI=1S/C26H31F2NO4/c1-19-15-23(30)22(16-29-19)25(31)26(27,28)24(33-18-21-11-6-3-7-12-21)13-8-14-32-17-20-9-4-2-5-10-20/h2-7,9-12,19,22,24,29H,8,13-18H2,1H3/t19-,22?,24?/m1/s1. The number of alkyl halides is 2. The van der Waals surface area contributed by atoms with Crippen LogP contribution in [0.1, 0.15) is 37.3 Å². The first-order valence-corrected chi connectivity index (χ1v) is 11.3. The number of hydrogen-bond donors (Lipinski definition) is 1. The number of Topliss-reactive ketones (excluding diaryl/α,β-unsaturated/α-hetero) is 2. The van der Waals surface area contributed by atoms with E-state index < -0.39 is 29.5 Å². The van der Waals surface area contributed by atoms with Gasteiger partial charge >= 0.3 is 5.92 Å². The van der Waals surface area contributed by atoms with Crippen molar-refractivity contribution in [2.45, 2.75) is 57.5 Å². The Balaban J connectivity index is 1.61. The molecule has 7 heteroatoms. The molecule has 0 amide bonds. The molecule has 2 unspecified atom stereocenters. The van der Waals surface area contributed by atoms with Crippen LogP contribution in [0, 0.1) is 5.92 Å². The molecule has 3 rings (SSSR count). The largest absolute Gasteiger partial charge is 0.377 e. The van der Waals surface area contributed by atoms with Gasteiger partial charge in [-0.1, -0.05) is 60.7 Å². The molecule has 2 aromatic carbocycles. The number of ether oxygens (including phenoxy) is 2. The molecular weight excluding hydrogens is 428 g/mol. The predicted molar refractivity (Wildman–Crippen MR) is 121 cm³/mol. The highest BCUT2D eigenvalue weighted by Crippen LogP contribution is 2.31. The molecular formula is C26H31F2NO4. The van der Waals surface area contributed by atoms with E-state index in [0.29, 0.717) is 13.0 Å². The Labute approximate surface area is 193 Å². The number of rotatable bonds is 12. The summed E-state index contributed by atoms with van der Waals surface area (Å²) in [6.07, 6.45) is -1.35. The molecule has 33 heavy (non-hydrogen) atoms. The molecule has 0 saturated carbocycles. The number of carbonyl (C=O) groups is 2. The molecule has 178 valence electrons. The van der Waals surface area contributed by atoms with Gasteiger partial charge in [0.25, 0.3) is 0 Å². The van der Waals surface area contributed by atoms with E-state index in [1.165, 1.54) is 0 Å². The molecule has 1 saturated heterocycles. The number of piperidine rings is 1. The fourth-order valence-electron chi connectivity index (χ4n) is 3.85. The maximum atomic E-state index is 15.3. The van der Waals surface area contributed by atoms with Crippen LogP contribution in [0.25, 0.3) is 0 Å². The molecule has 0 radical (unpaired) electrons. The van der Waals surface area contributed by atoms with Crippen LogP contribution in [0.15, 0.2) is 60.7 Å². The number of benzene rings is 2. The van der Waals surface area contributed by atoms with Crippen molar-refractivity contribution in [3.8, 4) is 0 Å². The van der Waals surface area contributed by atoms with E-state index in [9.17, 15) is 9.59 Å². The van der Waals surface area contributed by atoms with Crippen molar-refractivity contribution < 1.29 is 27.8 Å². The molecule has 5 nitrogen and oxygen atoms in total. The van der Waals surface area contributed by atoms with Crippen molar-refractivity contribution in [3.63, 3.8) is 0 Å². The van der Waals surface area contributed by atoms with Crippen LogP contribution in [0.2, 0.25) is 0 Å². The van der Waals surface area contributed by atoms with Crippen molar-refractivity contribution in [1.29, 1.82) is 0 Å². The van der Waals surface area contributed by atoms with E-state index >= 15 is 8.78 Å². The van der Waals surface area contributed by atoms with Gasteiger partial charge in [0.2, 0.25) is 5.78 Å². The summed E-state index contributed by atoms with van der Waals surface area (Å²) in [7, 11) is 0. The van der Waals surface area contributed by atoms with Gasteiger partial charge in [-0.2, -0.15) is 8.78 Å². The zero-order valence-electron chi connectivity index (χ0n) is 18.8. The maximum Gasteiger partial charge on any atom is 0.331 e. The summed E-state index contributed by atoms with van der Waals surface area (Å²) in [6.45, 7) is 2.31. The molecule has 1 N–H and O–H groups in total. The highest BCUT2D eigenvalue weighted by atomic mass is 19.3. The first kappa shape index (κ1) is 25.1. The smallest absolute Gasteiger partial charge is 0.331 e. The van der Waals surface area contributed by atoms with Gasteiger partial charge < -0.3 is 14.8 Å². The van der Waals surface area contributed by atoms with Gasteiger partial charge in [-0.25, -0.2) is 0 Å². The monoisotopic (exact) mass is 459 g/mol. The number of halogens is 2. The van der Waals surface area contributed by atoms with Crippen LogP contribution in [-0.4, -0.2) is 42.8 Å². The molecule has 1 aliphatic rings. The Hall–Kier alpha value is -2.48. The van der Waals surface area contributed by atoms with E-state index in [0.717, 1.165) is 11.1 Å². The minimum Gasteiger partial charge on any atom is -0.377 e. The molecule has 0 aromatic heterocycles. The lowest BCUT2D eigenvalue weighted by Gasteiger charge is -2.31. The summed E-state index contributed by atoms with van der Waals surface area (Å²) in [5.74, 6) is -6.95. The second-order valence-corrected chi connectivity index (χ2v) is 8.49. The molecule has 0 aliphatic carbocycles. The Morgan fingerprint density at radius 3 is 2.27 bits per heavy atom. The fraction of sp³-hybridized carbons (Fsp3) is 0.462. The molecule has 3 atom stereocenters. The quantitative estimate of drug-likeness (QED) is 0.378. The topological polar surface area (TPSA) is 64.6 Å². The van der Waals surface area contributed by atoms with Gasteiger partial charge in [-0.15, -0.1) is 0 Å². The fourth-order valence-corrected chi connectivity index (χ4v) is 3.85. The highest BCUT2D eigenvalue weighted by Gasteiger charge is 2.52. The normalized spacial score (nSPS) is 19.9. The van der Waals surface area contributed by atoms with Gasteiger partial charge in [0.05, 0.1) is 19.1 Å². The summed E-state index contributed by atoms with van der Waals surface area (Å²) in [5.41, 5.74) is 1.72. The Morgan fingerprint density at radius 2 is 1.67 bits per heavy atom. The Bertz CT molecular complexity index is 892. The third-order valence-electron chi connectivity index (χ3n) is 5.78. The molecule has 1 aliphatic heterocycles. The van der Waals surface area contributed by atoms with Gasteiger partial charge in [0.1, 0.15) is 11.9 Å². The Morgan fingerprint density at radius 1 is 1.06 bits per heavy atom. The minimum absolute atomic E-state index is 0.0485. The van der Waals surface area contributed by atoms with Crippen LogP contribution in [0.4, 0.5) is 8.78 Å². The van der Waals surface area contributed by atoms with Crippen molar-refractivity contribution in [1.82, 2.24) is 5.32 Å². The maximum absolute atomic E-state index is 15.3. The SMILES string of the molecule is C[C@@H]1CC(=O)C(C(=O)C(F)(F)C(CCCOCc2ccccc2)OCc2ccccc2)CN1. The van der Waals surface area contributed by atoms with E-state index in [1.54, 1.807) is 31.2 Å². The van der Waals surface area contributed by atoms with Crippen molar-refractivity contribution in [2.75, 3.05) is 13.2 Å². The third-order valence-corrected chi connectivity index (χ3v) is 5.78. The van der Waals surface area contributed by atoms with Crippen LogP contribution in [0.3, 0.4) is 0 Å². The molecule has 1 fully saturated rings. The first-order chi connectivity index (χ1) is 15.9. The van der Waals surface area contributed by atoms with Crippen molar-refractivity contribution >= 4 is 11.6 Å². The lowest BCUT2D eigenvalue weighted by Crippen LogP contribution is -2.54. The summed E-state index contributed by atoms with van der Waals surface area (Å²) < 4.78 is 41.8. The number of carbonyl (C=O) groups excluding carboxylic acids is 2. The predicted octanol–water partition coefficient (Wildman–Crippen LogP) is 4.34. The van der Waals surface area contributed by atoms with Gasteiger partial charge in [-0.05, 0) is 30.9 Å². The van der Waals surface area contributed by atoms with E-state index in [-0.39, 0.29) is 38.6 Å². The summed E-state index contributed by atoms with van der Waals surface area (Å²) in [5, 5.41) is 2.95. The molecule has 0 spiro atoms. The van der Waals surface area contributed by atoms with Crippen LogP contribution < -0.4 is 5.32 Å². The van der Waals surface area contributed by atoms with Crippen molar-refractivity contribution in [3.05, 3.63) is 71.8 Å². The summed E-state index contributed by atoms with van der Waals surface area (Å²) in [4.78, 5) is 25.0. The van der Waals surface area contributed by atoms with Crippen LogP contribution in [0.5, 0.6) is 0 Å². The number of ketones is 2. The molecule has 0 bridgehead atoms. The second-order valence-electron chi connectivity index (χ2n) is 8.49. The van der Waals surface area contributed by atoms with Gasteiger partial charge in [0, 0.05) is 25.6 Å². The zero-order chi connectivity index (χ0) is 23.7. The summed E-state index contributed by atoms with van der Waals surface area (Å²) in [6, 6.07) is 18.4. The second kappa shape index (κ2) is 12.1. The molecule has 2 aromatic rings. The number of hydrogen-bond acceptors (Lipinski definition) is 5. The average molecular weight is 460 g/mol. The summed E-state index contributed by atoms with van der Waals surface area (Å²) >= 11 is 0. The highest BCUT2D eigenvalue weighted by molar-refractivity contribution is 6.06.